The van der Waals surface area contributed by atoms with Crippen molar-refractivity contribution in [3.8, 4) is 17.6 Å². The number of alkyl halides is 3. The lowest BCUT2D eigenvalue weighted by molar-refractivity contribution is -0.266. The molecule has 28 heavy (non-hydrogen) atoms. The monoisotopic (exact) mass is 413 g/mol. The molecular formula is C20H19ClF3NO3. The third kappa shape index (κ3) is 4.70. The lowest BCUT2D eigenvalue weighted by atomic mass is 9.73. The Balaban J connectivity index is 2.44. The molecular weight excluding hydrogens is 395 g/mol. The number of aliphatic hydroxyl groups is 1. The molecule has 2 aromatic rings. The highest BCUT2D eigenvalue weighted by atomic mass is 35.5. The Morgan fingerprint density at radius 1 is 1.04 bits per heavy atom. The second-order valence-electron chi connectivity index (χ2n) is 7.42. The van der Waals surface area contributed by atoms with Crippen molar-refractivity contribution in [3.63, 3.8) is 0 Å². The van der Waals surface area contributed by atoms with Crippen LogP contribution < -0.4 is 0 Å². The lowest BCUT2D eigenvalue weighted by Crippen LogP contribution is -2.50. The van der Waals surface area contributed by atoms with E-state index in [0.717, 1.165) is 6.07 Å². The Kier molecular flexibility index (Phi) is 5.88. The molecule has 0 heterocycles. The van der Waals surface area contributed by atoms with E-state index in [1.54, 1.807) is 0 Å². The van der Waals surface area contributed by atoms with E-state index in [1.165, 1.54) is 44.2 Å². The number of aromatic hydroxyl groups is 2. The van der Waals surface area contributed by atoms with Crippen LogP contribution in [0.5, 0.6) is 11.5 Å². The van der Waals surface area contributed by atoms with Gasteiger partial charge in [-0.25, -0.2) is 0 Å². The standard InChI is InChI=1S/C20H19ClF3NO3/c1-18(2,14-6-15(26)8-16(27)7-14)11-19(28,20(22,23)24)9-13-4-3-12(10-25)5-17(13)21/h3-8,26-28H,9,11H2,1-2H3. The van der Waals surface area contributed by atoms with E-state index >= 15 is 0 Å². The van der Waals surface area contributed by atoms with Crippen molar-refractivity contribution < 1.29 is 28.5 Å². The van der Waals surface area contributed by atoms with Crippen LogP contribution in [0, 0.1) is 11.3 Å². The molecule has 1 unspecified atom stereocenters. The number of phenolic OH excluding ortho intramolecular Hbond substituents is 2. The molecule has 0 saturated carbocycles. The largest absolute Gasteiger partial charge is 0.508 e. The zero-order chi connectivity index (χ0) is 21.3. The van der Waals surface area contributed by atoms with E-state index in [-0.39, 0.29) is 33.2 Å². The summed E-state index contributed by atoms with van der Waals surface area (Å²) in [5.74, 6) is -0.595. The van der Waals surface area contributed by atoms with Gasteiger partial charge in [0.25, 0.3) is 0 Å². The molecule has 0 radical (unpaired) electrons. The Morgan fingerprint density at radius 3 is 2.07 bits per heavy atom. The summed E-state index contributed by atoms with van der Waals surface area (Å²) in [5.41, 5.74) is -3.90. The highest BCUT2D eigenvalue weighted by Gasteiger charge is 2.56. The third-order valence-corrected chi connectivity index (χ3v) is 4.96. The lowest BCUT2D eigenvalue weighted by Gasteiger charge is -2.38. The predicted molar refractivity (Wildman–Crippen MR) is 98.3 cm³/mol. The number of hydrogen-bond acceptors (Lipinski definition) is 4. The van der Waals surface area contributed by atoms with Gasteiger partial charge in [-0.2, -0.15) is 18.4 Å². The first-order valence-corrected chi connectivity index (χ1v) is 8.66. The van der Waals surface area contributed by atoms with Crippen LogP contribution in [0.25, 0.3) is 0 Å². The van der Waals surface area contributed by atoms with Crippen LogP contribution in [-0.2, 0) is 11.8 Å². The molecule has 8 heteroatoms. The van der Waals surface area contributed by atoms with Crippen molar-refractivity contribution in [2.75, 3.05) is 0 Å². The van der Waals surface area contributed by atoms with Gasteiger partial charge < -0.3 is 15.3 Å². The van der Waals surface area contributed by atoms with Gasteiger partial charge in [0.15, 0.2) is 5.60 Å². The van der Waals surface area contributed by atoms with E-state index in [0.29, 0.717) is 0 Å². The van der Waals surface area contributed by atoms with Gasteiger partial charge in [0.05, 0.1) is 11.6 Å². The molecule has 4 nitrogen and oxygen atoms in total. The Morgan fingerprint density at radius 2 is 1.61 bits per heavy atom. The van der Waals surface area contributed by atoms with Crippen molar-refractivity contribution in [2.24, 2.45) is 0 Å². The maximum Gasteiger partial charge on any atom is 0.417 e. The average molecular weight is 414 g/mol. The molecule has 2 aromatic carbocycles. The fourth-order valence-corrected chi connectivity index (χ4v) is 3.40. The molecule has 150 valence electrons. The summed E-state index contributed by atoms with van der Waals surface area (Å²) in [5, 5.41) is 38.7. The SMILES string of the molecule is CC(C)(CC(O)(Cc1ccc(C#N)cc1Cl)C(F)(F)F)c1cc(O)cc(O)c1. The molecule has 1 atom stereocenters. The van der Waals surface area contributed by atoms with Crippen LogP contribution in [0.3, 0.4) is 0 Å². The minimum Gasteiger partial charge on any atom is -0.508 e. The summed E-state index contributed by atoms with van der Waals surface area (Å²) in [7, 11) is 0. The van der Waals surface area contributed by atoms with Crippen LogP contribution in [-0.4, -0.2) is 27.1 Å². The fraction of sp³-hybridized carbons (Fsp3) is 0.350. The van der Waals surface area contributed by atoms with Crippen LogP contribution in [0.1, 0.15) is 37.0 Å². The first-order valence-electron chi connectivity index (χ1n) is 8.28. The minimum absolute atomic E-state index is 0.0467. The summed E-state index contributed by atoms with van der Waals surface area (Å²) in [6, 6.07) is 9.24. The van der Waals surface area contributed by atoms with Gasteiger partial charge in [-0.05, 0) is 47.2 Å². The van der Waals surface area contributed by atoms with Gasteiger partial charge in [-0.3, -0.25) is 0 Å². The first kappa shape index (κ1) is 21.9. The number of halogens is 4. The maximum absolute atomic E-state index is 13.8. The van der Waals surface area contributed by atoms with Crippen molar-refractivity contribution in [2.45, 2.75) is 43.9 Å². The zero-order valence-electron chi connectivity index (χ0n) is 15.2. The molecule has 0 spiro atoms. The fourth-order valence-electron chi connectivity index (χ4n) is 3.16. The van der Waals surface area contributed by atoms with E-state index in [9.17, 15) is 28.5 Å². The highest BCUT2D eigenvalue weighted by molar-refractivity contribution is 6.31. The quantitative estimate of drug-likeness (QED) is 0.655. The number of rotatable bonds is 5. The number of benzene rings is 2. The summed E-state index contributed by atoms with van der Waals surface area (Å²) < 4.78 is 41.5. The van der Waals surface area contributed by atoms with E-state index < -0.39 is 30.0 Å². The molecule has 0 bridgehead atoms. The highest BCUT2D eigenvalue weighted by Crippen LogP contribution is 2.44. The van der Waals surface area contributed by atoms with Crippen LogP contribution >= 0.6 is 11.6 Å². The van der Waals surface area contributed by atoms with Gasteiger partial charge in [0, 0.05) is 17.5 Å². The van der Waals surface area contributed by atoms with Crippen LogP contribution in [0.2, 0.25) is 5.02 Å². The van der Waals surface area contributed by atoms with Gasteiger partial charge in [-0.15, -0.1) is 0 Å². The van der Waals surface area contributed by atoms with Crippen molar-refractivity contribution >= 4 is 11.6 Å². The van der Waals surface area contributed by atoms with Crippen molar-refractivity contribution in [1.29, 1.82) is 5.26 Å². The van der Waals surface area contributed by atoms with Gasteiger partial charge in [-0.1, -0.05) is 31.5 Å². The number of hydrogen-bond donors (Lipinski definition) is 3. The van der Waals surface area contributed by atoms with Crippen molar-refractivity contribution in [3.05, 3.63) is 58.1 Å². The molecule has 3 N–H and O–H groups in total. The van der Waals surface area contributed by atoms with Gasteiger partial charge >= 0.3 is 6.18 Å². The second-order valence-corrected chi connectivity index (χ2v) is 7.83. The number of phenols is 2. The van der Waals surface area contributed by atoms with E-state index in [4.69, 9.17) is 16.9 Å². The molecule has 0 aliphatic heterocycles. The summed E-state index contributed by atoms with van der Waals surface area (Å²) in [4.78, 5) is 0. The van der Waals surface area contributed by atoms with Crippen LogP contribution in [0.15, 0.2) is 36.4 Å². The summed E-state index contributed by atoms with van der Waals surface area (Å²) in [6.45, 7) is 2.94. The topological polar surface area (TPSA) is 84.5 Å². The normalized spacial score (nSPS) is 14.4. The van der Waals surface area contributed by atoms with Gasteiger partial charge in [0.2, 0.25) is 0 Å². The zero-order valence-corrected chi connectivity index (χ0v) is 15.9. The molecule has 0 aliphatic carbocycles. The molecule has 0 aromatic heterocycles. The maximum atomic E-state index is 13.8. The average Bonchev–Trinajstić information content (AvgIpc) is 2.54. The Bertz CT molecular complexity index is 902. The molecule has 0 saturated heterocycles. The molecule has 0 amide bonds. The van der Waals surface area contributed by atoms with E-state index in [1.807, 2.05) is 6.07 Å². The van der Waals surface area contributed by atoms with Crippen molar-refractivity contribution in [1.82, 2.24) is 0 Å². The smallest absolute Gasteiger partial charge is 0.417 e. The predicted octanol–water partition coefficient (Wildman–Crippen LogP) is 4.83. The Labute approximate surface area is 165 Å². The Hall–Kier alpha value is -2.43. The number of nitrogens with zero attached hydrogens (tertiary/aromatic N) is 1. The second kappa shape index (κ2) is 7.53. The van der Waals surface area contributed by atoms with Crippen LogP contribution in [0.4, 0.5) is 13.2 Å². The first-order chi connectivity index (χ1) is 12.8. The molecule has 0 fully saturated rings. The van der Waals surface area contributed by atoms with E-state index in [2.05, 4.69) is 0 Å². The van der Waals surface area contributed by atoms with Gasteiger partial charge in [0.1, 0.15) is 11.5 Å². The summed E-state index contributed by atoms with van der Waals surface area (Å²) >= 11 is 6.00. The summed E-state index contributed by atoms with van der Waals surface area (Å²) in [6.07, 6.45) is -6.53. The number of nitriles is 1. The minimum atomic E-state index is -4.97. The third-order valence-electron chi connectivity index (χ3n) is 4.61. The molecule has 2 rings (SSSR count). The molecule has 0 aliphatic rings.